The summed E-state index contributed by atoms with van der Waals surface area (Å²) >= 11 is 0. The van der Waals surface area contributed by atoms with Crippen molar-refractivity contribution in [2.45, 2.75) is 13.8 Å². The predicted molar refractivity (Wildman–Crippen MR) is 25.6 cm³/mol. The van der Waals surface area contributed by atoms with Crippen molar-refractivity contribution in [2.75, 3.05) is 0 Å². The Morgan fingerprint density at radius 2 is 1.88 bits per heavy atom. The Labute approximate surface area is 58.2 Å². The summed E-state index contributed by atoms with van der Waals surface area (Å²) in [5.41, 5.74) is 0.139. The van der Waals surface area contributed by atoms with E-state index in [9.17, 15) is 4.79 Å². The summed E-state index contributed by atoms with van der Waals surface area (Å²) in [5, 5.41) is 10.5. The van der Waals surface area contributed by atoms with Crippen LogP contribution in [0, 0.1) is 0 Å². The van der Waals surface area contributed by atoms with Crippen LogP contribution in [0.25, 0.3) is 0 Å². The number of carbonyl (C=O) groups is 1. The number of oxime groups is 1. The smallest absolute Gasteiger partial charge is 0.177 e. The van der Waals surface area contributed by atoms with Gasteiger partial charge in [-0.2, -0.15) is 0 Å². The molecule has 0 rings (SSSR count). The molecule has 0 amide bonds. The molecule has 4 heteroatoms. The first-order valence-electron chi connectivity index (χ1n) is 1.88. The van der Waals surface area contributed by atoms with Crippen molar-refractivity contribution in [2.24, 2.45) is 5.16 Å². The van der Waals surface area contributed by atoms with Gasteiger partial charge in [0.15, 0.2) is 5.78 Å². The van der Waals surface area contributed by atoms with Crippen molar-refractivity contribution in [1.82, 2.24) is 0 Å². The van der Waals surface area contributed by atoms with Crippen molar-refractivity contribution in [3.05, 3.63) is 0 Å². The molecule has 0 aliphatic heterocycles. The molecule has 0 aliphatic carbocycles. The molecule has 0 bridgehead atoms. The maximum Gasteiger partial charge on any atom is 0.177 e. The van der Waals surface area contributed by atoms with E-state index in [1.807, 2.05) is 0 Å². The third-order valence-corrected chi connectivity index (χ3v) is 0.660. The normalized spacial score (nSPS) is 10.0. The quantitative estimate of drug-likeness (QED) is 0.264. The van der Waals surface area contributed by atoms with E-state index in [4.69, 9.17) is 5.21 Å². The maximum absolute atomic E-state index is 10.1. The second kappa shape index (κ2) is 4.81. The predicted octanol–water partition coefficient (Wildman–Crippen LogP) is 0.423. The van der Waals surface area contributed by atoms with Crippen molar-refractivity contribution in [3.8, 4) is 0 Å². The molecule has 0 spiro atoms. The molecule has 0 aromatic rings. The topological polar surface area (TPSA) is 49.7 Å². The van der Waals surface area contributed by atoms with E-state index < -0.39 is 0 Å². The Morgan fingerprint density at radius 1 is 1.50 bits per heavy atom. The summed E-state index contributed by atoms with van der Waals surface area (Å²) in [6, 6.07) is 0. The van der Waals surface area contributed by atoms with Gasteiger partial charge < -0.3 is 5.21 Å². The van der Waals surface area contributed by atoms with Gasteiger partial charge in [0.1, 0.15) is 5.71 Å². The largest absolute Gasteiger partial charge is 0.411 e. The monoisotopic (exact) mass is 164 g/mol. The molecule has 0 saturated carbocycles. The van der Waals surface area contributed by atoms with Crippen LogP contribution in [0.2, 0.25) is 0 Å². The van der Waals surface area contributed by atoms with Gasteiger partial charge in [0.25, 0.3) is 0 Å². The zero-order valence-electron chi connectivity index (χ0n) is 4.60. The zero-order chi connectivity index (χ0) is 5.86. The van der Waals surface area contributed by atoms with Crippen molar-refractivity contribution >= 4 is 11.5 Å². The van der Waals surface area contributed by atoms with E-state index in [1.165, 1.54) is 13.8 Å². The minimum atomic E-state index is -0.206. The van der Waals surface area contributed by atoms with E-state index in [2.05, 4.69) is 5.16 Å². The molecule has 0 aliphatic rings. The fraction of sp³-hybridized carbons (Fsp3) is 0.500. The summed E-state index contributed by atoms with van der Waals surface area (Å²) in [7, 11) is 0. The van der Waals surface area contributed by atoms with Crippen molar-refractivity contribution in [1.29, 1.82) is 0 Å². The minimum Gasteiger partial charge on any atom is -0.411 e. The SMILES string of the molecule is CC(=O)C(C)=NO.[Cu]. The summed E-state index contributed by atoms with van der Waals surface area (Å²) in [5.74, 6) is -0.206. The van der Waals surface area contributed by atoms with Gasteiger partial charge in [-0.25, -0.2) is 0 Å². The standard InChI is InChI=1S/C4H7NO2.Cu/c1-3(5-7)4(2)6;/h7H,1-2H3;. The van der Waals surface area contributed by atoms with Gasteiger partial charge in [-0.15, -0.1) is 0 Å². The number of carbonyl (C=O) groups excluding carboxylic acids is 1. The molecule has 8 heavy (non-hydrogen) atoms. The van der Waals surface area contributed by atoms with Gasteiger partial charge in [0.2, 0.25) is 0 Å². The van der Waals surface area contributed by atoms with Gasteiger partial charge in [0.05, 0.1) is 0 Å². The molecular formula is C4H7CuNO2. The summed E-state index contributed by atoms with van der Waals surface area (Å²) in [4.78, 5) is 10.1. The van der Waals surface area contributed by atoms with Gasteiger partial charge in [-0.3, -0.25) is 4.79 Å². The Balaban J connectivity index is 0. The second-order valence-corrected chi connectivity index (χ2v) is 1.24. The fourth-order valence-corrected chi connectivity index (χ4v) is 0.0704. The zero-order valence-corrected chi connectivity index (χ0v) is 5.55. The molecule has 51 valence electrons. The molecule has 0 aromatic heterocycles. The fourth-order valence-electron chi connectivity index (χ4n) is 0.0704. The van der Waals surface area contributed by atoms with E-state index in [0.29, 0.717) is 0 Å². The number of Topliss-reactive ketones (excluding diaryl/α,β-unsaturated/α-hetero) is 1. The number of ketones is 1. The number of nitrogens with zero attached hydrogens (tertiary/aromatic N) is 1. The van der Waals surface area contributed by atoms with E-state index >= 15 is 0 Å². The average molecular weight is 165 g/mol. The van der Waals surface area contributed by atoms with Crippen molar-refractivity contribution in [3.63, 3.8) is 0 Å². The molecular weight excluding hydrogens is 158 g/mol. The molecule has 0 aromatic carbocycles. The number of rotatable bonds is 1. The van der Waals surface area contributed by atoms with E-state index in [-0.39, 0.29) is 28.6 Å². The van der Waals surface area contributed by atoms with Gasteiger partial charge in [-0.1, -0.05) is 5.16 Å². The number of hydrogen-bond acceptors (Lipinski definition) is 3. The minimum absolute atomic E-state index is 0. The molecule has 0 unspecified atom stereocenters. The Kier molecular flexibility index (Phi) is 6.38. The molecule has 1 radical (unpaired) electrons. The van der Waals surface area contributed by atoms with Crippen LogP contribution >= 0.6 is 0 Å². The second-order valence-electron chi connectivity index (χ2n) is 1.24. The van der Waals surface area contributed by atoms with Crippen LogP contribution in [0.15, 0.2) is 5.16 Å². The van der Waals surface area contributed by atoms with Gasteiger partial charge in [-0.05, 0) is 6.92 Å². The number of hydrogen-bond donors (Lipinski definition) is 1. The summed E-state index contributed by atoms with van der Waals surface area (Å²) in [6.07, 6.45) is 0. The van der Waals surface area contributed by atoms with Crippen LogP contribution in [0.5, 0.6) is 0 Å². The first-order chi connectivity index (χ1) is 3.18. The van der Waals surface area contributed by atoms with E-state index in [0.717, 1.165) is 0 Å². The van der Waals surface area contributed by atoms with Gasteiger partial charge in [0, 0.05) is 24.0 Å². The molecule has 0 fully saturated rings. The molecule has 1 N–H and O–H groups in total. The Bertz CT molecular complexity index is 111. The van der Waals surface area contributed by atoms with Crippen molar-refractivity contribution < 1.29 is 27.1 Å². The molecule has 0 saturated heterocycles. The maximum atomic E-state index is 10.1. The summed E-state index contributed by atoms with van der Waals surface area (Å²) in [6.45, 7) is 2.79. The molecule has 0 heterocycles. The van der Waals surface area contributed by atoms with Crippen LogP contribution in [0.3, 0.4) is 0 Å². The Hall–Kier alpha value is -0.341. The van der Waals surface area contributed by atoms with Crippen LogP contribution < -0.4 is 0 Å². The van der Waals surface area contributed by atoms with Crippen LogP contribution in [-0.2, 0) is 21.9 Å². The van der Waals surface area contributed by atoms with E-state index in [1.54, 1.807) is 0 Å². The van der Waals surface area contributed by atoms with Crippen LogP contribution in [0.1, 0.15) is 13.8 Å². The van der Waals surface area contributed by atoms with Crippen LogP contribution in [-0.4, -0.2) is 16.7 Å². The van der Waals surface area contributed by atoms with Crippen LogP contribution in [0.4, 0.5) is 0 Å². The molecule has 0 atom stereocenters. The third kappa shape index (κ3) is 3.84. The van der Waals surface area contributed by atoms with Gasteiger partial charge >= 0.3 is 0 Å². The average Bonchev–Trinajstić information content (AvgIpc) is 1.65. The first-order valence-corrected chi connectivity index (χ1v) is 1.88. The molecule has 3 nitrogen and oxygen atoms in total. The Morgan fingerprint density at radius 3 is 1.88 bits per heavy atom. The third-order valence-electron chi connectivity index (χ3n) is 0.660. The first kappa shape index (κ1) is 10.6. The summed E-state index contributed by atoms with van der Waals surface area (Å²) < 4.78 is 0.